The number of nitrogens with one attached hydrogen (secondary N) is 1. The van der Waals surface area contributed by atoms with Gasteiger partial charge in [-0.2, -0.15) is 5.26 Å². The van der Waals surface area contributed by atoms with E-state index in [1.165, 1.54) is 26.4 Å². The maximum absolute atomic E-state index is 14.9. The largest absolute Gasteiger partial charge is 0.495 e. The van der Waals surface area contributed by atoms with Crippen LogP contribution in [-0.4, -0.2) is 41.9 Å². The fraction of sp³-hybridized carbons (Fsp3) is 0.250. The number of ether oxygens (including phenoxy) is 2. The first kappa shape index (κ1) is 29.4. The molecule has 1 amide bonds. The molecule has 0 bridgehead atoms. The number of allylic oxidation sites excluding steroid dienone is 3. The van der Waals surface area contributed by atoms with Gasteiger partial charge in [0.05, 0.1) is 48.2 Å². The van der Waals surface area contributed by atoms with Crippen molar-refractivity contribution in [1.29, 1.82) is 5.26 Å². The van der Waals surface area contributed by atoms with Crippen molar-refractivity contribution < 1.29 is 23.5 Å². The molecule has 1 aliphatic carbocycles. The lowest BCUT2D eigenvalue weighted by molar-refractivity contribution is -0.116. The van der Waals surface area contributed by atoms with Crippen molar-refractivity contribution in [3.63, 3.8) is 0 Å². The number of benzene rings is 2. The number of nitrogens with zero attached hydrogens (tertiary/aromatic N) is 4. The molecule has 0 radical (unpaired) electrons. The molecule has 42 heavy (non-hydrogen) atoms. The summed E-state index contributed by atoms with van der Waals surface area (Å²) >= 11 is 8.50. The lowest BCUT2D eigenvalue weighted by atomic mass is 9.75. The van der Waals surface area contributed by atoms with Gasteiger partial charge in [0, 0.05) is 29.3 Å². The minimum Gasteiger partial charge on any atom is -0.495 e. The minimum atomic E-state index is -0.913. The van der Waals surface area contributed by atoms with Crippen LogP contribution in [0.25, 0.3) is 0 Å². The number of carbonyl (C=O) groups excluding carboxylic acids is 2. The predicted octanol–water partition coefficient (Wildman–Crippen LogP) is 5.38. The molecule has 0 saturated heterocycles. The molecule has 3 aromatic rings. The third-order valence-electron chi connectivity index (χ3n) is 6.79. The molecule has 0 saturated carbocycles. The summed E-state index contributed by atoms with van der Waals surface area (Å²) in [5.41, 5.74) is 8.10. The Balaban J connectivity index is 1.39. The topological polar surface area (TPSA) is 143 Å². The first-order valence-corrected chi connectivity index (χ1v) is 14.8. The molecule has 1 unspecified atom stereocenters. The van der Waals surface area contributed by atoms with Crippen LogP contribution < -0.4 is 25.4 Å². The van der Waals surface area contributed by atoms with Gasteiger partial charge in [-0.05, 0) is 25.0 Å². The number of amides is 1. The number of thioether (sulfide) groups is 1. The quantitative estimate of drug-likeness (QED) is 0.313. The van der Waals surface area contributed by atoms with E-state index in [0.717, 1.165) is 23.1 Å². The number of nitriles is 1. The Morgan fingerprint density at radius 2 is 2.02 bits per heavy atom. The molecule has 5 rings (SSSR count). The second-order valence-corrected chi connectivity index (χ2v) is 11.8. The van der Waals surface area contributed by atoms with Gasteiger partial charge in [-0.1, -0.05) is 52.9 Å². The van der Waals surface area contributed by atoms with Crippen molar-refractivity contribution in [2.45, 2.75) is 29.5 Å². The van der Waals surface area contributed by atoms with E-state index in [4.69, 9.17) is 26.8 Å². The van der Waals surface area contributed by atoms with Crippen molar-refractivity contribution >= 4 is 57.2 Å². The lowest BCUT2D eigenvalue weighted by Gasteiger charge is -2.38. The number of anilines is 2. The van der Waals surface area contributed by atoms with E-state index in [1.54, 1.807) is 29.2 Å². The number of Topliss-reactive ketones (excluding diaryl/α,β-unsaturated/α-hetero) is 1. The standard InChI is InChI=1S/C28H24ClFN6O4S2/c1-39-21-11-22(40-2)18(10-16(21)29)33-23(38)13-41-28-35-34-27(42-28)36-19-8-5-9-20(37)25(19)24(15(12-31)26(36)32)14-6-3-4-7-17(14)30/h3-4,6-7,10-11,24H,5,8-9,13,32H2,1-2H3,(H,33,38). The predicted molar refractivity (Wildman–Crippen MR) is 158 cm³/mol. The Bertz CT molecular complexity index is 1680. The van der Waals surface area contributed by atoms with Crippen LogP contribution in [-0.2, 0) is 9.59 Å². The molecule has 10 nitrogen and oxygen atoms in total. The van der Waals surface area contributed by atoms with Crippen molar-refractivity contribution in [2.24, 2.45) is 5.73 Å². The van der Waals surface area contributed by atoms with E-state index in [1.807, 2.05) is 0 Å². The van der Waals surface area contributed by atoms with Crippen molar-refractivity contribution in [2.75, 3.05) is 30.2 Å². The van der Waals surface area contributed by atoms with Gasteiger partial charge in [0.15, 0.2) is 10.1 Å². The summed E-state index contributed by atoms with van der Waals surface area (Å²) < 4.78 is 25.9. The SMILES string of the molecule is COc1cc(OC)c(NC(=O)CSc2nnc(N3C(N)=C(C#N)C(c4ccccc4F)C4=C3CCCC4=O)s2)cc1Cl. The number of methoxy groups -OCH3 is 2. The van der Waals surface area contributed by atoms with Gasteiger partial charge in [-0.15, -0.1) is 10.2 Å². The zero-order valence-corrected chi connectivity index (χ0v) is 24.8. The maximum Gasteiger partial charge on any atom is 0.234 e. The first-order valence-electron chi connectivity index (χ1n) is 12.7. The molecular formula is C28H24ClFN6O4S2. The second kappa shape index (κ2) is 12.4. The number of halogens is 2. The van der Waals surface area contributed by atoms with Crippen LogP contribution in [0.5, 0.6) is 11.5 Å². The summed E-state index contributed by atoms with van der Waals surface area (Å²) in [5, 5.41) is 22.0. The van der Waals surface area contributed by atoms with Gasteiger partial charge >= 0.3 is 0 Å². The summed E-state index contributed by atoms with van der Waals surface area (Å²) in [7, 11) is 2.94. The second-order valence-electron chi connectivity index (χ2n) is 9.21. The van der Waals surface area contributed by atoms with Gasteiger partial charge in [0.1, 0.15) is 23.1 Å². The van der Waals surface area contributed by atoms with Crippen LogP contribution in [0.4, 0.5) is 15.2 Å². The number of ketones is 1. The maximum atomic E-state index is 14.9. The van der Waals surface area contributed by atoms with Gasteiger partial charge in [0.2, 0.25) is 11.0 Å². The molecule has 14 heteroatoms. The Labute approximate surface area is 253 Å². The van der Waals surface area contributed by atoms with E-state index in [-0.39, 0.29) is 40.8 Å². The Morgan fingerprint density at radius 3 is 2.74 bits per heavy atom. The highest BCUT2D eigenvalue weighted by molar-refractivity contribution is 8.01. The number of carbonyl (C=O) groups is 2. The van der Waals surface area contributed by atoms with Crippen LogP contribution in [0, 0.1) is 17.1 Å². The van der Waals surface area contributed by atoms with Gasteiger partial charge in [-0.25, -0.2) is 4.39 Å². The minimum absolute atomic E-state index is 0.00199. The van der Waals surface area contributed by atoms with Crippen molar-refractivity contribution in [3.05, 3.63) is 75.5 Å². The third kappa shape index (κ3) is 5.53. The number of nitrogens with two attached hydrogens (primary N) is 1. The smallest absolute Gasteiger partial charge is 0.234 e. The molecule has 1 aromatic heterocycles. The molecule has 0 spiro atoms. The molecule has 2 aromatic carbocycles. The van der Waals surface area contributed by atoms with E-state index < -0.39 is 11.7 Å². The molecular weight excluding hydrogens is 603 g/mol. The van der Waals surface area contributed by atoms with Crippen LogP contribution in [0.1, 0.15) is 30.7 Å². The average molecular weight is 627 g/mol. The molecule has 3 N–H and O–H groups in total. The molecule has 2 aliphatic rings. The monoisotopic (exact) mass is 626 g/mol. The van der Waals surface area contributed by atoms with E-state index >= 15 is 0 Å². The van der Waals surface area contributed by atoms with Crippen LogP contribution in [0.2, 0.25) is 5.02 Å². The zero-order valence-electron chi connectivity index (χ0n) is 22.4. The summed E-state index contributed by atoms with van der Waals surface area (Å²) in [4.78, 5) is 27.5. The van der Waals surface area contributed by atoms with Crippen molar-refractivity contribution in [1.82, 2.24) is 10.2 Å². The summed E-state index contributed by atoms with van der Waals surface area (Å²) in [6, 6.07) is 11.3. The van der Waals surface area contributed by atoms with Crippen LogP contribution in [0.15, 0.2) is 63.4 Å². The highest BCUT2D eigenvalue weighted by Crippen LogP contribution is 2.47. The van der Waals surface area contributed by atoms with Crippen molar-refractivity contribution in [3.8, 4) is 17.6 Å². The summed E-state index contributed by atoms with van der Waals surface area (Å²) in [6.07, 6.45) is 1.35. The summed E-state index contributed by atoms with van der Waals surface area (Å²) in [6.45, 7) is 0. The molecule has 0 fully saturated rings. The Kier molecular flexibility index (Phi) is 8.67. The van der Waals surface area contributed by atoms with E-state index in [0.29, 0.717) is 55.8 Å². The van der Waals surface area contributed by atoms with Crippen LogP contribution >= 0.6 is 34.7 Å². The van der Waals surface area contributed by atoms with E-state index in [2.05, 4.69) is 21.6 Å². The van der Waals surface area contributed by atoms with Gasteiger partial charge in [0.25, 0.3) is 0 Å². The normalized spacial score (nSPS) is 16.7. The molecule has 2 heterocycles. The lowest BCUT2D eigenvalue weighted by Crippen LogP contribution is -2.38. The Hall–Kier alpha value is -4.12. The fourth-order valence-electron chi connectivity index (χ4n) is 4.95. The average Bonchev–Trinajstić information content (AvgIpc) is 3.44. The number of aromatic nitrogens is 2. The van der Waals surface area contributed by atoms with E-state index in [9.17, 15) is 19.2 Å². The van der Waals surface area contributed by atoms with Crippen LogP contribution in [0.3, 0.4) is 0 Å². The Morgan fingerprint density at radius 1 is 1.26 bits per heavy atom. The molecule has 1 aliphatic heterocycles. The summed E-state index contributed by atoms with van der Waals surface area (Å²) in [5.74, 6) is -1.09. The number of rotatable bonds is 8. The van der Waals surface area contributed by atoms with Gasteiger partial charge < -0.3 is 20.5 Å². The number of hydrogen-bond donors (Lipinski definition) is 2. The van der Waals surface area contributed by atoms with Gasteiger partial charge in [-0.3, -0.25) is 14.5 Å². The highest BCUT2D eigenvalue weighted by atomic mass is 35.5. The first-order chi connectivity index (χ1) is 20.3. The molecule has 1 atom stereocenters. The number of hydrogen-bond acceptors (Lipinski definition) is 11. The fourth-order valence-corrected chi connectivity index (χ4v) is 6.87. The zero-order chi connectivity index (χ0) is 30.0. The highest BCUT2D eigenvalue weighted by Gasteiger charge is 2.42. The molecule has 216 valence electrons. The third-order valence-corrected chi connectivity index (χ3v) is 9.13.